The van der Waals surface area contributed by atoms with E-state index in [2.05, 4.69) is 49.9 Å². The molecule has 0 aliphatic carbocycles. The fourth-order valence-electron chi connectivity index (χ4n) is 3.26. The van der Waals surface area contributed by atoms with Crippen molar-refractivity contribution in [3.05, 3.63) is 18.1 Å². The third-order valence-electron chi connectivity index (χ3n) is 4.55. The van der Waals surface area contributed by atoms with Gasteiger partial charge in [-0.05, 0) is 47.6 Å². The molecular formula is C15H25FN4. The number of nitrogen functional groups attached to an aromatic ring is 1. The van der Waals surface area contributed by atoms with Crippen LogP contribution in [0.1, 0.15) is 40.5 Å². The van der Waals surface area contributed by atoms with E-state index in [-0.39, 0.29) is 22.9 Å². The molecule has 1 saturated heterocycles. The van der Waals surface area contributed by atoms with Gasteiger partial charge in [0.2, 0.25) is 0 Å². The Labute approximate surface area is 120 Å². The van der Waals surface area contributed by atoms with Gasteiger partial charge in [0.25, 0.3) is 0 Å². The van der Waals surface area contributed by atoms with E-state index in [0.717, 1.165) is 19.0 Å². The molecular weight excluding hydrogens is 255 g/mol. The number of likely N-dealkylation sites (tertiary alicyclic amines) is 1. The molecule has 1 fully saturated rings. The summed E-state index contributed by atoms with van der Waals surface area (Å²) in [6.07, 6.45) is 3.09. The van der Waals surface area contributed by atoms with Crippen LogP contribution < -0.4 is 11.1 Å². The van der Waals surface area contributed by atoms with Gasteiger partial charge in [-0.15, -0.1) is 0 Å². The molecule has 0 aromatic carbocycles. The quantitative estimate of drug-likeness (QED) is 0.874. The van der Waals surface area contributed by atoms with Gasteiger partial charge in [0.05, 0.1) is 11.9 Å². The first-order valence-electron chi connectivity index (χ1n) is 7.03. The number of anilines is 2. The Balaban J connectivity index is 2.20. The number of nitrogens with two attached hydrogens (primary N) is 1. The molecule has 1 aromatic rings. The number of rotatable bonds is 2. The molecule has 2 rings (SSSR count). The Morgan fingerprint density at radius 1 is 1.30 bits per heavy atom. The molecule has 5 heteroatoms. The maximum absolute atomic E-state index is 13.3. The van der Waals surface area contributed by atoms with Gasteiger partial charge < -0.3 is 11.1 Å². The number of halogens is 1. The van der Waals surface area contributed by atoms with Crippen LogP contribution in [0.4, 0.5) is 15.9 Å². The summed E-state index contributed by atoms with van der Waals surface area (Å²) < 4.78 is 13.3. The van der Waals surface area contributed by atoms with Crippen LogP contribution >= 0.6 is 0 Å². The molecule has 0 bridgehead atoms. The van der Waals surface area contributed by atoms with Gasteiger partial charge in [0.15, 0.2) is 0 Å². The minimum absolute atomic E-state index is 0.0783. The SMILES string of the molecule is CN1C(C)(C)CC(Nc2cc(F)cnc2N)CC1(C)C. The van der Waals surface area contributed by atoms with Crippen LogP contribution in [0.25, 0.3) is 0 Å². The number of hydrogen-bond donors (Lipinski definition) is 2. The van der Waals surface area contributed by atoms with Crippen LogP contribution in [0.2, 0.25) is 0 Å². The van der Waals surface area contributed by atoms with Crippen LogP contribution in [0.15, 0.2) is 12.3 Å². The minimum atomic E-state index is -0.367. The lowest BCUT2D eigenvalue weighted by Gasteiger charge is -2.53. The van der Waals surface area contributed by atoms with Gasteiger partial charge in [0, 0.05) is 23.2 Å². The molecule has 3 N–H and O–H groups in total. The highest BCUT2D eigenvalue weighted by atomic mass is 19.1. The maximum atomic E-state index is 13.3. The van der Waals surface area contributed by atoms with E-state index in [4.69, 9.17) is 5.73 Å². The molecule has 1 aliphatic rings. The van der Waals surface area contributed by atoms with Gasteiger partial charge in [-0.1, -0.05) is 0 Å². The first-order chi connectivity index (χ1) is 9.12. The second-order valence-electron chi connectivity index (χ2n) is 7.02. The Morgan fingerprint density at radius 2 is 1.85 bits per heavy atom. The lowest BCUT2D eigenvalue weighted by atomic mass is 9.77. The van der Waals surface area contributed by atoms with Crippen molar-refractivity contribution in [1.82, 2.24) is 9.88 Å². The largest absolute Gasteiger partial charge is 0.382 e. The summed E-state index contributed by atoms with van der Waals surface area (Å²) in [5.41, 5.74) is 6.56. The number of hydrogen-bond acceptors (Lipinski definition) is 4. The number of nitrogens with zero attached hydrogens (tertiary/aromatic N) is 2. The van der Waals surface area contributed by atoms with Crippen LogP contribution in [0.5, 0.6) is 0 Å². The van der Waals surface area contributed by atoms with Crippen LogP contribution in [0.3, 0.4) is 0 Å². The predicted octanol–water partition coefficient (Wildman–Crippen LogP) is 2.87. The summed E-state index contributed by atoms with van der Waals surface area (Å²) in [4.78, 5) is 6.27. The van der Waals surface area contributed by atoms with Crippen molar-refractivity contribution >= 4 is 11.5 Å². The van der Waals surface area contributed by atoms with Crippen molar-refractivity contribution in [3.8, 4) is 0 Å². The van der Waals surface area contributed by atoms with E-state index < -0.39 is 0 Å². The zero-order valence-electron chi connectivity index (χ0n) is 13.0. The molecule has 2 heterocycles. The second kappa shape index (κ2) is 4.88. The molecule has 1 aromatic heterocycles. The molecule has 0 spiro atoms. The standard InChI is InChI=1S/C15H25FN4/c1-14(2)7-11(8-15(3,4)20(14)5)19-12-6-10(16)9-18-13(12)17/h6,9,11,19H,7-8H2,1-5H3,(H2,17,18). The topological polar surface area (TPSA) is 54.2 Å². The fraction of sp³-hybridized carbons (Fsp3) is 0.667. The zero-order chi connectivity index (χ0) is 15.1. The first kappa shape index (κ1) is 15.0. The van der Waals surface area contributed by atoms with E-state index >= 15 is 0 Å². The van der Waals surface area contributed by atoms with Crippen LogP contribution in [-0.4, -0.2) is 34.1 Å². The average molecular weight is 280 g/mol. The summed E-state index contributed by atoms with van der Waals surface area (Å²) in [5, 5.41) is 3.37. The summed E-state index contributed by atoms with van der Waals surface area (Å²) in [5.74, 6) is -0.0194. The molecule has 0 saturated carbocycles. The number of nitrogens with one attached hydrogen (secondary N) is 1. The molecule has 0 radical (unpaired) electrons. The lowest BCUT2D eigenvalue weighted by Crippen LogP contribution is -2.61. The van der Waals surface area contributed by atoms with Crippen LogP contribution in [0, 0.1) is 5.82 Å². The highest BCUT2D eigenvalue weighted by molar-refractivity contribution is 5.61. The monoisotopic (exact) mass is 280 g/mol. The Bertz CT molecular complexity index is 481. The average Bonchev–Trinajstić information content (AvgIpc) is 2.30. The normalized spacial score (nSPS) is 22.7. The van der Waals surface area contributed by atoms with Crippen molar-refractivity contribution in [2.45, 2.75) is 57.7 Å². The highest BCUT2D eigenvalue weighted by Gasteiger charge is 2.43. The van der Waals surface area contributed by atoms with E-state index in [1.54, 1.807) is 0 Å². The third-order valence-corrected chi connectivity index (χ3v) is 4.55. The summed E-state index contributed by atoms with van der Waals surface area (Å²) in [7, 11) is 2.16. The van der Waals surface area contributed by atoms with Gasteiger partial charge in [-0.25, -0.2) is 9.37 Å². The molecule has 0 atom stereocenters. The first-order valence-corrected chi connectivity index (χ1v) is 7.03. The Hall–Kier alpha value is -1.36. The van der Waals surface area contributed by atoms with E-state index in [0.29, 0.717) is 11.5 Å². The second-order valence-corrected chi connectivity index (χ2v) is 7.02. The predicted molar refractivity (Wildman–Crippen MR) is 81.2 cm³/mol. The third kappa shape index (κ3) is 2.87. The van der Waals surface area contributed by atoms with Crippen molar-refractivity contribution in [1.29, 1.82) is 0 Å². The van der Waals surface area contributed by atoms with Crippen molar-refractivity contribution in [3.63, 3.8) is 0 Å². The zero-order valence-corrected chi connectivity index (χ0v) is 13.0. The van der Waals surface area contributed by atoms with E-state index in [9.17, 15) is 4.39 Å². The highest BCUT2D eigenvalue weighted by Crippen LogP contribution is 2.38. The van der Waals surface area contributed by atoms with E-state index in [1.165, 1.54) is 6.07 Å². The Morgan fingerprint density at radius 3 is 2.40 bits per heavy atom. The molecule has 4 nitrogen and oxygen atoms in total. The molecule has 0 amide bonds. The van der Waals surface area contributed by atoms with Gasteiger partial charge >= 0.3 is 0 Å². The minimum Gasteiger partial charge on any atom is -0.382 e. The van der Waals surface area contributed by atoms with Crippen LogP contribution in [-0.2, 0) is 0 Å². The number of piperidine rings is 1. The van der Waals surface area contributed by atoms with Crippen molar-refractivity contribution < 1.29 is 4.39 Å². The summed E-state index contributed by atoms with van der Waals surface area (Å²) in [6.45, 7) is 8.93. The fourth-order valence-corrected chi connectivity index (χ4v) is 3.26. The molecule has 0 unspecified atom stereocenters. The van der Waals surface area contributed by atoms with E-state index in [1.807, 2.05) is 0 Å². The molecule has 1 aliphatic heterocycles. The van der Waals surface area contributed by atoms with Gasteiger partial charge in [-0.3, -0.25) is 4.90 Å². The van der Waals surface area contributed by atoms with Crippen molar-refractivity contribution in [2.75, 3.05) is 18.1 Å². The maximum Gasteiger partial charge on any atom is 0.147 e. The number of aromatic nitrogens is 1. The lowest BCUT2D eigenvalue weighted by molar-refractivity contribution is -0.00766. The van der Waals surface area contributed by atoms with Gasteiger partial charge in [0.1, 0.15) is 11.6 Å². The number of pyridine rings is 1. The summed E-state index contributed by atoms with van der Waals surface area (Å²) in [6, 6.07) is 1.67. The molecule has 112 valence electrons. The summed E-state index contributed by atoms with van der Waals surface area (Å²) >= 11 is 0. The van der Waals surface area contributed by atoms with Crippen molar-refractivity contribution in [2.24, 2.45) is 0 Å². The van der Waals surface area contributed by atoms with Gasteiger partial charge in [-0.2, -0.15) is 0 Å². The molecule has 20 heavy (non-hydrogen) atoms. The Kier molecular flexibility index (Phi) is 3.67. The smallest absolute Gasteiger partial charge is 0.147 e.